The van der Waals surface area contributed by atoms with E-state index in [1.54, 1.807) is 7.11 Å². The third-order valence-electron chi connectivity index (χ3n) is 6.25. The number of piperazine rings is 1. The van der Waals surface area contributed by atoms with E-state index in [4.69, 9.17) is 9.72 Å². The minimum absolute atomic E-state index is 0.882. The van der Waals surface area contributed by atoms with Gasteiger partial charge in [0.25, 0.3) is 0 Å². The van der Waals surface area contributed by atoms with Crippen molar-refractivity contribution in [2.45, 2.75) is 32.1 Å². The minimum Gasteiger partial charge on any atom is -0.497 e. The first kappa shape index (κ1) is 19.5. The van der Waals surface area contributed by atoms with Gasteiger partial charge in [-0.1, -0.05) is 0 Å². The lowest BCUT2D eigenvalue weighted by atomic mass is 10.0. The lowest BCUT2D eigenvalue weighted by Gasteiger charge is -2.32. The van der Waals surface area contributed by atoms with Gasteiger partial charge >= 0.3 is 0 Å². The molecule has 2 aliphatic rings. The van der Waals surface area contributed by atoms with Crippen molar-refractivity contribution in [1.29, 1.82) is 0 Å². The summed E-state index contributed by atoms with van der Waals surface area (Å²) in [5.74, 6) is 2.09. The molecule has 0 N–H and O–H groups in total. The predicted octanol–water partition coefficient (Wildman–Crippen LogP) is 3.41. The van der Waals surface area contributed by atoms with Gasteiger partial charge in [0.2, 0.25) is 0 Å². The standard InChI is InChI=1S/C23H34N4O/c1-25-13-15-26(16-14-25)10-6-7-20-17-19-8-9-21(28-2)18-22(19)24-23(20)27-11-4-3-5-12-27/h8-9,17-18H,3-7,10-16H2,1-2H3. The fourth-order valence-corrected chi connectivity index (χ4v) is 4.44. The van der Waals surface area contributed by atoms with Gasteiger partial charge in [-0.25, -0.2) is 4.98 Å². The predicted molar refractivity (Wildman–Crippen MR) is 117 cm³/mol. The van der Waals surface area contributed by atoms with Gasteiger partial charge in [-0.3, -0.25) is 0 Å². The number of rotatable bonds is 6. The molecule has 1 aromatic carbocycles. The van der Waals surface area contributed by atoms with E-state index < -0.39 is 0 Å². The number of aryl methyl sites for hydroxylation is 1. The van der Waals surface area contributed by atoms with Crippen LogP contribution in [0.1, 0.15) is 31.2 Å². The Morgan fingerprint density at radius 1 is 0.964 bits per heavy atom. The average Bonchev–Trinajstić information content (AvgIpc) is 2.75. The van der Waals surface area contributed by atoms with Crippen LogP contribution in [0.3, 0.4) is 0 Å². The second kappa shape index (κ2) is 9.10. The van der Waals surface area contributed by atoms with Gasteiger partial charge in [0.05, 0.1) is 12.6 Å². The molecule has 28 heavy (non-hydrogen) atoms. The maximum atomic E-state index is 5.41. The van der Waals surface area contributed by atoms with Crippen molar-refractivity contribution in [1.82, 2.24) is 14.8 Å². The summed E-state index contributed by atoms with van der Waals surface area (Å²) in [5, 5.41) is 1.22. The molecule has 0 aliphatic carbocycles. The lowest BCUT2D eigenvalue weighted by molar-refractivity contribution is 0.153. The van der Waals surface area contributed by atoms with Crippen molar-refractivity contribution in [3.8, 4) is 5.75 Å². The fraction of sp³-hybridized carbons (Fsp3) is 0.609. The van der Waals surface area contributed by atoms with E-state index in [1.165, 1.54) is 75.2 Å². The van der Waals surface area contributed by atoms with E-state index in [0.717, 1.165) is 30.8 Å². The number of fused-ring (bicyclic) bond motifs is 1. The smallest absolute Gasteiger partial charge is 0.132 e. The topological polar surface area (TPSA) is 31.8 Å². The zero-order valence-electron chi connectivity index (χ0n) is 17.5. The lowest BCUT2D eigenvalue weighted by Crippen LogP contribution is -2.44. The Hall–Kier alpha value is -1.85. The quantitative estimate of drug-likeness (QED) is 0.764. The molecule has 5 heteroatoms. The summed E-state index contributed by atoms with van der Waals surface area (Å²) in [5.41, 5.74) is 2.46. The Bertz CT molecular complexity index is 780. The molecule has 0 unspecified atom stereocenters. The minimum atomic E-state index is 0.882. The van der Waals surface area contributed by atoms with Gasteiger partial charge in [-0.2, -0.15) is 0 Å². The van der Waals surface area contributed by atoms with E-state index in [-0.39, 0.29) is 0 Å². The molecule has 0 saturated carbocycles. The van der Waals surface area contributed by atoms with E-state index in [0.29, 0.717) is 0 Å². The van der Waals surface area contributed by atoms with Crippen molar-refractivity contribution >= 4 is 16.7 Å². The summed E-state index contributed by atoms with van der Waals surface area (Å²) >= 11 is 0. The highest BCUT2D eigenvalue weighted by Crippen LogP contribution is 2.29. The van der Waals surface area contributed by atoms with Crippen LogP contribution in [0, 0.1) is 0 Å². The molecule has 0 amide bonds. The van der Waals surface area contributed by atoms with Gasteiger partial charge in [0.1, 0.15) is 11.6 Å². The number of methoxy groups -OCH3 is 1. The zero-order chi connectivity index (χ0) is 19.3. The number of pyridine rings is 1. The van der Waals surface area contributed by atoms with E-state index in [1.807, 2.05) is 6.07 Å². The maximum Gasteiger partial charge on any atom is 0.132 e. The summed E-state index contributed by atoms with van der Waals surface area (Å²) in [6, 6.07) is 8.62. The molecule has 152 valence electrons. The molecular weight excluding hydrogens is 348 g/mol. The first-order chi connectivity index (χ1) is 13.7. The molecule has 1 aromatic heterocycles. The van der Waals surface area contributed by atoms with Crippen molar-refractivity contribution in [2.75, 3.05) is 64.9 Å². The molecular formula is C23H34N4O. The number of aromatic nitrogens is 1. The summed E-state index contributed by atoms with van der Waals surface area (Å²) in [6.07, 6.45) is 6.20. The molecule has 0 spiro atoms. The van der Waals surface area contributed by atoms with Crippen molar-refractivity contribution in [3.05, 3.63) is 29.8 Å². The number of nitrogens with zero attached hydrogens (tertiary/aromatic N) is 4. The van der Waals surface area contributed by atoms with E-state index >= 15 is 0 Å². The highest BCUT2D eigenvalue weighted by molar-refractivity contribution is 5.83. The Kier molecular flexibility index (Phi) is 6.33. The van der Waals surface area contributed by atoms with Crippen LogP contribution in [-0.4, -0.2) is 74.8 Å². The molecule has 2 fully saturated rings. The van der Waals surface area contributed by atoms with Crippen LogP contribution >= 0.6 is 0 Å². The molecule has 2 saturated heterocycles. The number of hydrogen-bond donors (Lipinski definition) is 0. The monoisotopic (exact) mass is 382 g/mol. The molecule has 0 bridgehead atoms. The molecule has 4 rings (SSSR count). The number of likely N-dealkylation sites (N-methyl/N-ethyl adjacent to an activating group) is 1. The van der Waals surface area contributed by atoms with Crippen LogP contribution in [-0.2, 0) is 6.42 Å². The van der Waals surface area contributed by atoms with Crippen LogP contribution in [0.25, 0.3) is 10.9 Å². The van der Waals surface area contributed by atoms with Crippen LogP contribution < -0.4 is 9.64 Å². The Labute approximate surface area is 169 Å². The van der Waals surface area contributed by atoms with Crippen molar-refractivity contribution in [3.63, 3.8) is 0 Å². The first-order valence-electron chi connectivity index (χ1n) is 10.9. The van der Waals surface area contributed by atoms with Gasteiger partial charge in [-0.05, 0) is 69.5 Å². The van der Waals surface area contributed by atoms with Crippen LogP contribution in [0.15, 0.2) is 24.3 Å². The Morgan fingerprint density at radius 3 is 2.50 bits per heavy atom. The number of hydrogen-bond acceptors (Lipinski definition) is 5. The summed E-state index contributed by atoms with van der Waals surface area (Å²) in [4.78, 5) is 12.7. The highest BCUT2D eigenvalue weighted by atomic mass is 16.5. The van der Waals surface area contributed by atoms with Crippen LogP contribution in [0.2, 0.25) is 0 Å². The van der Waals surface area contributed by atoms with Gasteiger partial charge < -0.3 is 19.4 Å². The van der Waals surface area contributed by atoms with E-state index in [9.17, 15) is 0 Å². The average molecular weight is 383 g/mol. The van der Waals surface area contributed by atoms with Gasteiger partial charge in [0, 0.05) is 50.7 Å². The molecule has 0 atom stereocenters. The fourth-order valence-electron chi connectivity index (χ4n) is 4.44. The van der Waals surface area contributed by atoms with Gasteiger partial charge in [-0.15, -0.1) is 0 Å². The normalized spacial score (nSPS) is 19.3. The largest absolute Gasteiger partial charge is 0.497 e. The number of ether oxygens (including phenoxy) is 1. The second-order valence-electron chi connectivity index (χ2n) is 8.33. The molecule has 5 nitrogen and oxygen atoms in total. The summed E-state index contributed by atoms with van der Waals surface area (Å²) in [6.45, 7) is 8.24. The van der Waals surface area contributed by atoms with Crippen LogP contribution in [0.4, 0.5) is 5.82 Å². The second-order valence-corrected chi connectivity index (χ2v) is 8.33. The zero-order valence-corrected chi connectivity index (χ0v) is 17.5. The number of benzene rings is 1. The van der Waals surface area contributed by atoms with Gasteiger partial charge in [0.15, 0.2) is 0 Å². The van der Waals surface area contributed by atoms with Crippen molar-refractivity contribution < 1.29 is 4.74 Å². The molecule has 2 aromatic rings. The molecule has 3 heterocycles. The highest BCUT2D eigenvalue weighted by Gasteiger charge is 2.18. The summed E-state index contributed by atoms with van der Waals surface area (Å²) < 4.78 is 5.41. The summed E-state index contributed by atoms with van der Waals surface area (Å²) in [7, 11) is 3.94. The third-order valence-corrected chi connectivity index (χ3v) is 6.25. The maximum absolute atomic E-state index is 5.41. The third kappa shape index (κ3) is 4.58. The van der Waals surface area contributed by atoms with E-state index in [2.05, 4.69) is 39.9 Å². The number of piperidine rings is 1. The number of anilines is 1. The Morgan fingerprint density at radius 2 is 1.75 bits per heavy atom. The molecule has 2 aliphatic heterocycles. The van der Waals surface area contributed by atoms with Crippen molar-refractivity contribution in [2.24, 2.45) is 0 Å². The van der Waals surface area contributed by atoms with Crippen LogP contribution in [0.5, 0.6) is 5.75 Å². The Balaban J connectivity index is 1.52. The first-order valence-corrected chi connectivity index (χ1v) is 10.9. The SMILES string of the molecule is COc1ccc2cc(CCCN3CCN(C)CC3)c(N3CCCCC3)nc2c1. The molecule has 0 radical (unpaired) electrons.